The second kappa shape index (κ2) is 9.80. The number of para-hydroxylation sites is 1. The number of carbonyl (C=O) groups is 4. The van der Waals surface area contributed by atoms with Gasteiger partial charge in [-0.3, -0.25) is 24.1 Å². The zero-order chi connectivity index (χ0) is 29.1. The van der Waals surface area contributed by atoms with Crippen molar-refractivity contribution >= 4 is 40.4 Å². The Labute approximate surface area is 242 Å². The van der Waals surface area contributed by atoms with E-state index in [0.717, 1.165) is 16.9 Å². The van der Waals surface area contributed by atoms with Crippen LogP contribution in [0, 0.1) is 17.8 Å². The fourth-order valence-electron chi connectivity index (χ4n) is 7.08. The van der Waals surface area contributed by atoms with Crippen molar-refractivity contribution in [3.63, 3.8) is 0 Å². The maximum Gasteiger partial charge on any atom is 0.238 e. The molecule has 1 saturated heterocycles. The lowest BCUT2D eigenvalue weighted by molar-refractivity contribution is -0.123. The van der Waals surface area contributed by atoms with Gasteiger partial charge in [-0.25, -0.2) is 0 Å². The van der Waals surface area contributed by atoms with Gasteiger partial charge in [-0.1, -0.05) is 42.0 Å². The van der Waals surface area contributed by atoms with Crippen molar-refractivity contribution < 1.29 is 24.3 Å². The highest BCUT2D eigenvalue weighted by atomic mass is 16.3. The van der Waals surface area contributed by atoms with Gasteiger partial charge in [-0.05, 0) is 85.9 Å². The van der Waals surface area contributed by atoms with Gasteiger partial charge in [0, 0.05) is 34.0 Å². The molecule has 4 aliphatic rings. The summed E-state index contributed by atoms with van der Waals surface area (Å²) in [5, 5.41) is 13.6. The molecular weight excluding hydrogens is 528 g/mol. The standard InChI is InChI=1S/C35H28N2O5/c1-19-16-29(39)28-18-27-25(30(32(28)33(19)40)20-6-5-9-24(38)17-20)14-15-26-31(27)35(42)37(34(26)41)23-12-10-22(11-13-23)36-21-7-3-2-4-8-21/h2-14,16-17,26-27,30-31,36,38H,15,18H2,1H3. The van der Waals surface area contributed by atoms with E-state index in [1.165, 1.54) is 11.0 Å². The summed E-state index contributed by atoms with van der Waals surface area (Å²) < 4.78 is 0. The minimum atomic E-state index is -0.650. The fraction of sp³-hybridized carbons (Fsp3) is 0.200. The molecule has 7 nitrogen and oxygen atoms in total. The van der Waals surface area contributed by atoms with Crippen LogP contribution in [0.3, 0.4) is 0 Å². The second-order valence-corrected chi connectivity index (χ2v) is 11.4. The highest BCUT2D eigenvalue weighted by molar-refractivity contribution is 6.25. The number of ketones is 2. The zero-order valence-electron chi connectivity index (χ0n) is 22.9. The van der Waals surface area contributed by atoms with E-state index in [2.05, 4.69) is 5.32 Å². The van der Waals surface area contributed by atoms with Crippen molar-refractivity contribution in [1.82, 2.24) is 0 Å². The molecule has 0 spiro atoms. The Bertz CT molecular complexity index is 1770. The summed E-state index contributed by atoms with van der Waals surface area (Å²) in [5.74, 6) is -3.11. The van der Waals surface area contributed by atoms with E-state index in [0.29, 0.717) is 34.4 Å². The molecule has 42 heavy (non-hydrogen) atoms. The number of phenolic OH excluding ortho intramolecular Hbond substituents is 1. The number of nitrogens with zero attached hydrogens (tertiary/aromatic N) is 1. The Hall–Kier alpha value is -5.04. The Kier molecular flexibility index (Phi) is 6.04. The number of imide groups is 1. The summed E-state index contributed by atoms with van der Waals surface area (Å²) in [4.78, 5) is 55.8. The topological polar surface area (TPSA) is 104 Å². The maximum atomic E-state index is 14.1. The largest absolute Gasteiger partial charge is 0.508 e. The summed E-state index contributed by atoms with van der Waals surface area (Å²) in [7, 11) is 0. The molecule has 208 valence electrons. The van der Waals surface area contributed by atoms with Gasteiger partial charge in [-0.15, -0.1) is 0 Å². The van der Waals surface area contributed by atoms with E-state index < -0.39 is 23.7 Å². The SMILES string of the molecule is CC1=CC(=O)C2=C(C1=O)C(c1cccc(O)c1)C1=CCC3C(=O)N(c4ccc(Nc5ccccc5)cc4)C(=O)C3C1C2. The van der Waals surface area contributed by atoms with Gasteiger partial charge >= 0.3 is 0 Å². The Morgan fingerprint density at radius 3 is 2.31 bits per heavy atom. The first-order valence-corrected chi connectivity index (χ1v) is 14.1. The molecule has 1 aliphatic heterocycles. The molecule has 2 N–H and O–H groups in total. The number of phenols is 1. The van der Waals surface area contributed by atoms with E-state index in [1.54, 1.807) is 37.3 Å². The number of benzene rings is 3. The third-order valence-electron chi connectivity index (χ3n) is 8.96. The lowest BCUT2D eigenvalue weighted by atomic mass is 9.59. The van der Waals surface area contributed by atoms with Crippen molar-refractivity contribution in [2.75, 3.05) is 10.2 Å². The van der Waals surface area contributed by atoms with Crippen molar-refractivity contribution in [3.8, 4) is 5.75 Å². The van der Waals surface area contributed by atoms with Gasteiger partial charge in [0.1, 0.15) is 5.75 Å². The van der Waals surface area contributed by atoms with Gasteiger partial charge in [0.15, 0.2) is 11.6 Å². The van der Waals surface area contributed by atoms with Crippen LogP contribution in [0.15, 0.2) is 113 Å². The Morgan fingerprint density at radius 1 is 0.833 bits per heavy atom. The third kappa shape index (κ3) is 4.04. The van der Waals surface area contributed by atoms with E-state index in [9.17, 15) is 24.3 Å². The molecule has 3 aliphatic carbocycles. The number of carbonyl (C=O) groups excluding carboxylic acids is 4. The minimum absolute atomic E-state index is 0.0522. The number of amides is 2. The average molecular weight is 557 g/mol. The number of hydrogen-bond acceptors (Lipinski definition) is 6. The van der Waals surface area contributed by atoms with Crippen LogP contribution in [0.2, 0.25) is 0 Å². The van der Waals surface area contributed by atoms with E-state index in [1.807, 2.05) is 54.6 Å². The molecule has 0 bridgehead atoms. The van der Waals surface area contributed by atoms with Gasteiger partial charge < -0.3 is 10.4 Å². The monoisotopic (exact) mass is 556 g/mol. The highest BCUT2D eigenvalue weighted by Crippen LogP contribution is 2.55. The quantitative estimate of drug-likeness (QED) is 0.240. The summed E-state index contributed by atoms with van der Waals surface area (Å²) in [5.41, 5.74) is 5.00. The van der Waals surface area contributed by atoms with Crippen molar-refractivity contribution in [2.24, 2.45) is 17.8 Å². The van der Waals surface area contributed by atoms with Crippen LogP contribution in [0.4, 0.5) is 17.1 Å². The van der Waals surface area contributed by atoms with Gasteiger partial charge in [0.25, 0.3) is 0 Å². The zero-order valence-corrected chi connectivity index (χ0v) is 22.9. The maximum absolute atomic E-state index is 14.1. The number of anilines is 3. The van der Waals surface area contributed by atoms with Crippen LogP contribution >= 0.6 is 0 Å². The highest BCUT2D eigenvalue weighted by Gasteiger charge is 2.56. The first-order chi connectivity index (χ1) is 20.3. The lowest BCUT2D eigenvalue weighted by Gasteiger charge is -2.42. The molecule has 7 heteroatoms. The van der Waals surface area contributed by atoms with Crippen LogP contribution in [-0.2, 0) is 19.2 Å². The molecule has 2 amide bonds. The number of Topliss-reactive ketones (excluding diaryl/α,β-unsaturated/α-hetero) is 1. The second-order valence-electron chi connectivity index (χ2n) is 11.4. The van der Waals surface area contributed by atoms with E-state index in [4.69, 9.17) is 0 Å². The lowest BCUT2D eigenvalue weighted by Crippen LogP contribution is -2.39. The molecule has 3 aromatic rings. The van der Waals surface area contributed by atoms with Crippen LogP contribution in [0.25, 0.3) is 0 Å². The van der Waals surface area contributed by atoms with Crippen molar-refractivity contribution in [2.45, 2.75) is 25.7 Å². The molecule has 0 aromatic heterocycles. The first-order valence-electron chi connectivity index (χ1n) is 14.1. The van der Waals surface area contributed by atoms with Crippen LogP contribution in [0.5, 0.6) is 5.75 Å². The normalized spacial score (nSPS) is 25.0. The van der Waals surface area contributed by atoms with Gasteiger partial charge in [-0.2, -0.15) is 0 Å². The van der Waals surface area contributed by atoms with Crippen LogP contribution < -0.4 is 10.2 Å². The summed E-state index contributed by atoms with van der Waals surface area (Å²) in [6.45, 7) is 1.64. The van der Waals surface area contributed by atoms with Crippen molar-refractivity contribution in [1.29, 1.82) is 0 Å². The fourth-order valence-corrected chi connectivity index (χ4v) is 7.08. The predicted molar refractivity (Wildman–Crippen MR) is 158 cm³/mol. The molecule has 1 heterocycles. The Morgan fingerprint density at radius 2 is 1.57 bits per heavy atom. The molecule has 7 rings (SSSR count). The molecule has 4 atom stereocenters. The smallest absolute Gasteiger partial charge is 0.238 e. The number of allylic oxidation sites excluding steroid dienone is 6. The first kappa shape index (κ1) is 25.9. The number of hydrogen-bond donors (Lipinski definition) is 2. The van der Waals surface area contributed by atoms with Crippen LogP contribution in [0.1, 0.15) is 31.2 Å². The summed E-state index contributed by atoms with van der Waals surface area (Å²) in [6, 6.07) is 23.6. The number of rotatable bonds is 4. The van der Waals surface area contributed by atoms with Crippen LogP contribution in [-0.4, -0.2) is 28.5 Å². The molecule has 0 radical (unpaired) electrons. The summed E-state index contributed by atoms with van der Waals surface area (Å²) >= 11 is 0. The third-order valence-corrected chi connectivity index (χ3v) is 8.96. The molecule has 4 unspecified atom stereocenters. The minimum Gasteiger partial charge on any atom is -0.508 e. The van der Waals surface area contributed by atoms with Crippen molar-refractivity contribution in [3.05, 3.63) is 119 Å². The molecule has 3 aromatic carbocycles. The van der Waals surface area contributed by atoms with E-state index in [-0.39, 0.29) is 35.6 Å². The number of nitrogens with one attached hydrogen (secondary N) is 1. The molecular formula is C35H28N2O5. The van der Waals surface area contributed by atoms with E-state index >= 15 is 0 Å². The Balaban J connectivity index is 1.25. The predicted octanol–water partition coefficient (Wildman–Crippen LogP) is 5.77. The number of fused-ring (bicyclic) bond motifs is 3. The molecule has 1 fully saturated rings. The number of aromatic hydroxyl groups is 1. The van der Waals surface area contributed by atoms with Gasteiger partial charge in [0.05, 0.1) is 17.5 Å². The summed E-state index contributed by atoms with van der Waals surface area (Å²) in [6.07, 6.45) is 3.94. The van der Waals surface area contributed by atoms with Gasteiger partial charge in [0.2, 0.25) is 11.8 Å². The average Bonchev–Trinajstić information content (AvgIpc) is 3.25. The molecule has 0 saturated carbocycles.